The Kier molecular flexibility index (Phi) is 5.92. The molecule has 104 valence electrons. The van der Waals surface area contributed by atoms with Gasteiger partial charge in [-0.25, -0.2) is 0 Å². The lowest BCUT2D eigenvalue weighted by Gasteiger charge is -2.25. The van der Waals surface area contributed by atoms with Crippen LogP contribution in [-0.4, -0.2) is 49.5 Å². The maximum absolute atomic E-state index is 6.04. The van der Waals surface area contributed by atoms with Crippen molar-refractivity contribution in [1.82, 2.24) is 4.90 Å². The number of halogens is 2. The Morgan fingerprint density at radius 3 is 2.79 bits per heavy atom. The molecule has 0 bridgehead atoms. The summed E-state index contributed by atoms with van der Waals surface area (Å²) in [4.78, 5) is 7.49. The summed E-state index contributed by atoms with van der Waals surface area (Å²) in [6.45, 7) is 4.75. The highest BCUT2D eigenvalue weighted by molar-refractivity contribution is 6.70. The maximum atomic E-state index is 6.04. The number of nitrogens with zero attached hydrogens (tertiary/aromatic N) is 2. The third-order valence-corrected chi connectivity index (χ3v) is 3.45. The summed E-state index contributed by atoms with van der Waals surface area (Å²) in [6, 6.07) is 7.27. The van der Waals surface area contributed by atoms with Gasteiger partial charge in [0.25, 0.3) is 0 Å². The molecule has 0 saturated carbocycles. The quantitative estimate of drug-likeness (QED) is 0.476. The molecule has 1 fully saturated rings. The van der Waals surface area contributed by atoms with E-state index in [0.29, 0.717) is 17.2 Å². The number of oxime groups is 1. The molecule has 0 atom stereocenters. The average Bonchev–Trinajstić information content (AvgIpc) is 2.45. The van der Waals surface area contributed by atoms with Gasteiger partial charge in [-0.2, -0.15) is 0 Å². The normalized spacial score (nSPS) is 17.5. The van der Waals surface area contributed by atoms with Crippen LogP contribution in [0.3, 0.4) is 0 Å². The van der Waals surface area contributed by atoms with Gasteiger partial charge >= 0.3 is 0 Å². The van der Waals surface area contributed by atoms with Gasteiger partial charge in [0, 0.05) is 25.2 Å². The standard InChI is InChI=1S/C13H16Cl2N2O2/c14-12-4-2-1-3-11(12)13(15)16-19-10-7-17-5-8-18-9-6-17/h1-4H,5-10H2. The van der Waals surface area contributed by atoms with E-state index in [1.807, 2.05) is 12.1 Å². The van der Waals surface area contributed by atoms with Gasteiger partial charge in [0.05, 0.1) is 18.2 Å². The van der Waals surface area contributed by atoms with Crippen LogP contribution >= 0.6 is 23.2 Å². The number of ether oxygens (including phenoxy) is 1. The molecule has 0 N–H and O–H groups in total. The van der Waals surface area contributed by atoms with Gasteiger partial charge in [0.15, 0.2) is 5.17 Å². The van der Waals surface area contributed by atoms with Gasteiger partial charge in [-0.05, 0) is 6.07 Å². The van der Waals surface area contributed by atoms with Crippen molar-refractivity contribution in [2.45, 2.75) is 0 Å². The molecule has 0 amide bonds. The molecule has 1 aliphatic heterocycles. The largest absolute Gasteiger partial charge is 0.393 e. The molecule has 6 heteroatoms. The van der Waals surface area contributed by atoms with Crippen molar-refractivity contribution >= 4 is 28.4 Å². The van der Waals surface area contributed by atoms with Crippen molar-refractivity contribution in [3.05, 3.63) is 34.9 Å². The first kappa shape index (κ1) is 14.6. The van der Waals surface area contributed by atoms with Crippen molar-refractivity contribution < 1.29 is 9.57 Å². The number of benzene rings is 1. The highest BCUT2D eigenvalue weighted by Crippen LogP contribution is 2.17. The summed E-state index contributed by atoms with van der Waals surface area (Å²) < 4.78 is 5.27. The first-order valence-electron chi connectivity index (χ1n) is 6.18. The van der Waals surface area contributed by atoms with Crippen LogP contribution in [0.4, 0.5) is 0 Å². The van der Waals surface area contributed by atoms with Crippen LogP contribution in [0.25, 0.3) is 0 Å². The number of rotatable bonds is 5. The molecule has 1 aromatic carbocycles. The minimum Gasteiger partial charge on any atom is -0.393 e. The minimum absolute atomic E-state index is 0.271. The summed E-state index contributed by atoms with van der Waals surface area (Å²) in [6.07, 6.45) is 0. The van der Waals surface area contributed by atoms with E-state index in [1.54, 1.807) is 12.1 Å². The first-order valence-corrected chi connectivity index (χ1v) is 6.93. The Balaban J connectivity index is 1.77. The zero-order valence-corrected chi connectivity index (χ0v) is 12.0. The molecule has 0 aliphatic carbocycles. The molecule has 2 rings (SSSR count). The lowest BCUT2D eigenvalue weighted by molar-refractivity contribution is 0.0213. The monoisotopic (exact) mass is 302 g/mol. The van der Waals surface area contributed by atoms with E-state index in [-0.39, 0.29) is 5.17 Å². The van der Waals surface area contributed by atoms with Gasteiger partial charge in [-0.1, -0.05) is 46.6 Å². The van der Waals surface area contributed by atoms with Crippen molar-refractivity contribution in [2.24, 2.45) is 5.16 Å². The van der Waals surface area contributed by atoms with Gasteiger partial charge in [0.1, 0.15) is 6.61 Å². The van der Waals surface area contributed by atoms with Gasteiger partial charge in [0.2, 0.25) is 0 Å². The van der Waals surface area contributed by atoms with E-state index in [4.69, 9.17) is 32.8 Å². The predicted octanol–water partition coefficient (Wildman–Crippen LogP) is 2.59. The van der Waals surface area contributed by atoms with Crippen molar-refractivity contribution in [1.29, 1.82) is 0 Å². The second-order valence-electron chi connectivity index (χ2n) is 4.15. The molecule has 0 spiro atoms. The molecule has 0 unspecified atom stereocenters. The zero-order chi connectivity index (χ0) is 13.5. The molecular weight excluding hydrogens is 287 g/mol. The molecule has 1 saturated heterocycles. The van der Waals surface area contributed by atoms with Crippen LogP contribution < -0.4 is 0 Å². The Labute approximate surface area is 122 Å². The van der Waals surface area contributed by atoms with Crippen molar-refractivity contribution in [3.63, 3.8) is 0 Å². The van der Waals surface area contributed by atoms with Crippen LogP contribution in [0.1, 0.15) is 5.56 Å². The van der Waals surface area contributed by atoms with E-state index in [1.165, 1.54) is 0 Å². The van der Waals surface area contributed by atoms with Crippen LogP contribution in [0.2, 0.25) is 5.02 Å². The topological polar surface area (TPSA) is 34.1 Å². The minimum atomic E-state index is 0.271. The second kappa shape index (κ2) is 7.70. The summed E-state index contributed by atoms with van der Waals surface area (Å²) in [5.74, 6) is 0. The SMILES string of the molecule is ClC(=NOCCN1CCOCC1)c1ccccc1Cl. The number of hydrogen-bond donors (Lipinski definition) is 0. The Hall–Kier alpha value is -0.810. The van der Waals surface area contributed by atoms with E-state index in [9.17, 15) is 0 Å². The fourth-order valence-electron chi connectivity index (χ4n) is 1.77. The third-order valence-electron chi connectivity index (χ3n) is 2.84. The van der Waals surface area contributed by atoms with E-state index >= 15 is 0 Å². The summed E-state index contributed by atoms with van der Waals surface area (Å²) in [7, 11) is 0. The smallest absolute Gasteiger partial charge is 0.177 e. The summed E-state index contributed by atoms with van der Waals surface area (Å²) in [5, 5.41) is 4.71. The molecule has 4 nitrogen and oxygen atoms in total. The fourth-order valence-corrected chi connectivity index (χ4v) is 2.26. The van der Waals surface area contributed by atoms with Gasteiger partial charge in [-0.3, -0.25) is 4.90 Å². The van der Waals surface area contributed by atoms with Gasteiger partial charge in [-0.15, -0.1) is 0 Å². The second-order valence-corrected chi connectivity index (χ2v) is 4.91. The highest BCUT2D eigenvalue weighted by Gasteiger charge is 2.10. The summed E-state index contributed by atoms with van der Waals surface area (Å²) in [5.41, 5.74) is 0.678. The van der Waals surface area contributed by atoms with E-state index in [0.717, 1.165) is 32.8 Å². The predicted molar refractivity (Wildman–Crippen MR) is 77.1 cm³/mol. The Morgan fingerprint density at radius 2 is 2.05 bits per heavy atom. The Bertz CT molecular complexity index is 434. The van der Waals surface area contributed by atoms with Gasteiger partial charge < -0.3 is 9.57 Å². The van der Waals surface area contributed by atoms with Crippen LogP contribution in [0.15, 0.2) is 29.4 Å². The zero-order valence-electron chi connectivity index (χ0n) is 10.5. The van der Waals surface area contributed by atoms with E-state index < -0.39 is 0 Å². The molecule has 1 aliphatic rings. The lowest BCUT2D eigenvalue weighted by atomic mass is 10.2. The molecule has 1 heterocycles. The van der Waals surface area contributed by atoms with Crippen molar-refractivity contribution in [2.75, 3.05) is 39.5 Å². The van der Waals surface area contributed by atoms with Crippen LogP contribution in [0.5, 0.6) is 0 Å². The van der Waals surface area contributed by atoms with Crippen molar-refractivity contribution in [3.8, 4) is 0 Å². The van der Waals surface area contributed by atoms with Crippen LogP contribution in [-0.2, 0) is 9.57 Å². The molecule has 19 heavy (non-hydrogen) atoms. The number of morpholine rings is 1. The Morgan fingerprint density at radius 1 is 1.32 bits per heavy atom. The first-order chi connectivity index (χ1) is 9.27. The molecule has 0 aromatic heterocycles. The molecular formula is C13H16Cl2N2O2. The number of hydrogen-bond acceptors (Lipinski definition) is 4. The highest BCUT2D eigenvalue weighted by atomic mass is 35.5. The van der Waals surface area contributed by atoms with Crippen LogP contribution in [0, 0.1) is 0 Å². The summed E-state index contributed by atoms with van der Waals surface area (Å²) >= 11 is 12.1. The molecule has 1 aromatic rings. The molecule has 0 radical (unpaired) electrons. The fraction of sp³-hybridized carbons (Fsp3) is 0.462. The average molecular weight is 303 g/mol. The lowest BCUT2D eigenvalue weighted by Crippen LogP contribution is -2.38. The third kappa shape index (κ3) is 4.66. The maximum Gasteiger partial charge on any atom is 0.177 e. The van der Waals surface area contributed by atoms with E-state index in [2.05, 4.69) is 10.1 Å².